The lowest BCUT2D eigenvalue weighted by Crippen LogP contribution is -2.12. The van der Waals surface area contributed by atoms with Crippen molar-refractivity contribution < 1.29 is 14.3 Å². The maximum absolute atomic E-state index is 12.1. The molecule has 7 heteroatoms. The Hall–Kier alpha value is -2.30. The van der Waals surface area contributed by atoms with E-state index in [0.29, 0.717) is 33.2 Å². The Morgan fingerprint density at radius 2 is 1.96 bits per heavy atom. The van der Waals surface area contributed by atoms with Crippen molar-refractivity contribution >= 4 is 40.0 Å². The molecule has 2 rings (SSSR count). The maximum atomic E-state index is 12.1. The summed E-state index contributed by atoms with van der Waals surface area (Å²) < 4.78 is 4.70. The molecule has 1 aromatic heterocycles. The molecule has 5 nitrogen and oxygen atoms in total. The first-order valence-electron chi connectivity index (χ1n) is 7.57. The van der Waals surface area contributed by atoms with Crippen LogP contribution in [-0.2, 0) is 9.53 Å². The number of rotatable bonds is 6. The van der Waals surface area contributed by atoms with Gasteiger partial charge in [0.1, 0.15) is 15.9 Å². The minimum atomic E-state index is -0.505. The van der Waals surface area contributed by atoms with Crippen molar-refractivity contribution in [2.75, 3.05) is 18.2 Å². The first-order chi connectivity index (χ1) is 12.0. The van der Waals surface area contributed by atoms with Gasteiger partial charge in [0.05, 0.1) is 12.7 Å². The van der Waals surface area contributed by atoms with Crippen molar-refractivity contribution in [2.45, 2.75) is 25.2 Å². The Morgan fingerprint density at radius 3 is 2.56 bits per heavy atom. The van der Waals surface area contributed by atoms with Crippen LogP contribution in [0.2, 0.25) is 0 Å². The van der Waals surface area contributed by atoms with Gasteiger partial charge in [-0.05, 0) is 31.5 Å². The molecule has 0 saturated heterocycles. The van der Waals surface area contributed by atoms with Crippen LogP contribution in [0.15, 0.2) is 29.2 Å². The highest BCUT2D eigenvalue weighted by Crippen LogP contribution is 2.33. The fourth-order valence-corrected chi connectivity index (χ4v) is 4.05. The first-order valence-corrected chi connectivity index (χ1v) is 9.37. The molecule has 0 aliphatic carbocycles. The standard InChI is InChI=1S/C18H18N2O3S2/c1-11-4-6-13(7-5-11)24-9-8-15(21)20-17-14(10-19)12(2)16(25-17)18(22)23-3/h4-7H,8-9H2,1-3H3,(H,20,21). The highest BCUT2D eigenvalue weighted by atomic mass is 32.2. The van der Waals surface area contributed by atoms with Gasteiger partial charge in [0.25, 0.3) is 0 Å². The fraction of sp³-hybridized carbons (Fsp3) is 0.278. The molecule has 1 heterocycles. The number of hydrogen-bond donors (Lipinski definition) is 1. The van der Waals surface area contributed by atoms with Gasteiger partial charge in [-0.15, -0.1) is 23.1 Å². The second-order valence-corrected chi connectivity index (χ2v) is 7.51. The van der Waals surface area contributed by atoms with E-state index in [2.05, 4.69) is 5.32 Å². The molecule has 130 valence electrons. The Kier molecular flexibility index (Phi) is 6.62. The van der Waals surface area contributed by atoms with E-state index in [1.54, 1.807) is 18.7 Å². The monoisotopic (exact) mass is 374 g/mol. The van der Waals surface area contributed by atoms with Crippen molar-refractivity contribution in [2.24, 2.45) is 0 Å². The van der Waals surface area contributed by atoms with E-state index >= 15 is 0 Å². The molecule has 0 bridgehead atoms. The normalized spacial score (nSPS) is 10.2. The third-order valence-electron chi connectivity index (χ3n) is 3.50. The molecule has 2 aromatic rings. The molecule has 0 saturated carbocycles. The van der Waals surface area contributed by atoms with Crippen LogP contribution >= 0.6 is 23.1 Å². The lowest BCUT2D eigenvalue weighted by atomic mass is 10.2. The quantitative estimate of drug-likeness (QED) is 0.607. The molecule has 0 aliphatic heterocycles. The van der Waals surface area contributed by atoms with Gasteiger partial charge in [-0.1, -0.05) is 17.7 Å². The van der Waals surface area contributed by atoms with Gasteiger partial charge in [-0.25, -0.2) is 4.79 Å². The number of benzene rings is 1. The number of anilines is 1. The second-order valence-electron chi connectivity index (χ2n) is 5.32. The van der Waals surface area contributed by atoms with Crippen LogP contribution in [0.25, 0.3) is 0 Å². The summed E-state index contributed by atoms with van der Waals surface area (Å²) in [5, 5.41) is 12.4. The molecule has 0 unspecified atom stereocenters. The number of carbonyl (C=O) groups is 2. The Labute approximate surface area is 155 Å². The number of nitrogens with one attached hydrogen (secondary N) is 1. The molecule has 0 radical (unpaired) electrons. The zero-order valence-electron chi connectivity index (χ0n) is 14.2. The van der Waals surface area contributed by atoms with Crippen LogP contribution in [0.1, 0.15) is 32.8 Å². The molecule has 0 aliphatic rings. The molecule has 1 amide bonds. The van der Waals surface area contributed by atoms with Gasteiger partial charge in [0.2, 0.25) is 5.91 Å². The molecular formula is C18H18N2O3S2. The van der Waals surface area contributed by atoms with Crippen LogP contribution in [0.3, 0.4) is 0 Å². The fourth-order valence-electron chi connectivity index (χ4n) is 2.11. The number of nitriles is 1. The van der Waals surface area contributed by atoms with Gasteiger partial charge in [0, 0.05) is 17.1 Å². The van der Waals surface area contributed by atoms with Crippen LogP contribution in [0.5, 0.6) is 0 Å². The predicted octanol–water partition coefficient (Wildman–Crippen LogP) is 4.14. The zero-order chi connectivity index (χ0) is 18.4. The first kappa shape index (κ1) is 19.0. The summed E-state index contributed by atoms with van der Waals surface area (Å²) in [5.74, 6) is -0.0615. The van der Waals surface area contributed by atoms with Crippen LogP contribution in [-0.4, -0.2) is 24.7 Å². The summed E-state index contributed by atoms with van der Waals surface area (Å²) in [6, 6.07) is 10.2. The number of hydrogen-bond acceptors (Lipinski definition) is 6. The van der Waals surface area contributed by atoms with Crippen LogP contribution in [0, 0.1) is 25.2 Å². The summed E-state index contributed by atoms with van der Waals surface area (Å²) in [4.78, 5) is 25.3. The molecule has 25 heavy (non-hydrogen) atoms. The van der Waals surface area contributed by atoms with Gasteiger partial charge in [-0.3, -0.25) is 4.79 Å². The smallest absolute Gasteiger partial charge is 0.348 e. The topological polar surface area (TPSA) is 79.2 Å². The molecule has 0 atom stereocenters. The number of amides is 1. The van der Waals surface area contributed by atoms with E-state index in [9.17, 15) is 14.9 Å². The van der Waals surface area contributed by atoms with Gasteiger partial charge < -0.3 is 10.1 Å². The average Bonchev–Trinajstić information content (AvgIpc) is 2.91. The van der Waals surface area contributed by atoms with Gasteiger partial charge >= 0.3 is 5.97 Å². The average molecular weight is 374 g/mol. The number of aryl methyl sites for hydroxylation is 1. The van der Waals surface area contributed by atoms with E-state index in [1.807, 2.05) is 37.3 Å². The summed E-state index contributed by atoms with van der Waals surface area (Å²) in [6.45, 7) is 3.70. The number of carbonyl (C=O) groups excluding carboxylic acids is 2. The highest BCUT2D eigenvalue weighted by Gasteiger charge is 2.21. The number of methoxy groups -OCH3 is 1. The van der Waals surface area contributed by atoms with Crippen LogP contribution in [0.4, 0.5) is 5.00 Å². The predicted molar refractivity (Wildman–Crippen MR) is 100 cm³/mol. The Bertz CT molecular complexity index is 820. The number of ether oxygens (including phenoxy) is 1. The van der Waals surface area contributed by atoms with Crippen molar-refractivity contribution in [3.05, 3.63) is 45.8 Å². The third kappa shape index (κ3) is 4.84. The molecule has 1 aromatic carbocycles. The number of nitrogens with zero attached hydrogens (tertiary/aromatic N) is 1. The molecule has 0 fully saturated rings. The van der Waals surface area contributed by atoms with Gasteiger partial charge in [-0.2, -0.15) is 5.26 Å². The molecule has 0 spiro atoms. The SMILES string of the molecule is COC(=O)c1sc(NC(=O)CCSc2ccc(C)cc2)c(C#N)c1C. The second kappa shape index (κ2) is 8.70. The van der Waals surface area contributed by atoms with E-state index < -0.39 is 5.97 Å². The minimum Gasteiger partial charge on any atom is -0.465 e. The number of esters is 1. The summed E-state index contributed by atoms with van der Waals surface area (Å²) in [6.07, 6.45) is 0.313. The van der Waals surface area contributed by atoms with Crippen molar-refractivity contribution in [1.29, 1.82) is 5.26 Å². The van der Waals surface area contributed by atoms with E-state index in [1.165, 1.54) is 12.7 Å². The highest BCUT2D eigenvalue weighted by molar-refractivity contribution is 7.99. The number of thioether (sulfide) groups is 1. The van der Waals surface area contributed by atoms with Gasteiger partial charge in [0.15, 0.2) is 0 Å². The number of thiophene rings is 1. The lowest BCUT2D eigenvalue weighted by molar-refractivity contribution is -0.115. The Balaban J connectivity index is 1.97. The van der Waals surface area contributed by atoms with Crippen molar-refractivity contribution in [3.8, 4) is 6.07 Å². The maximum Gasteiger partial charge on any atom is 0.348 e. The molecular weight excluding hydrogens is 356 g/mol. The molecule has 1 N–H and O–H groups in total. The summed E-state index contributed by atoms with van der Waals surface area (Å²) in [5.41, 5.74) is 2.04. The Morgan fingerprint density at radius 1 is 1.28 bits per heavy atom. The van der Waals surface area contributed by atoms with Crippen molar-refractivity contribution in [1.82, 2.24) is 0 Å². The van der Waals surface area contributed by atoms with E-state index in [-0.39, 0.29) is 5.91 Å². The summed E-state index contributed by atoms with van der Waals surface area (Å²) >= 11 is 2.67. The van der Waals surface area contributed by atoms with E-state index in [4.69, 9.17) is 4.74 Å². The lowest BCUT2D eigenvalue weighted by Gasteiger charge is -2.04. The van der Waals surface area contributed by atoms with E-state index in [0.717, 1.165) is 16.2 Å². The minimum absolute atomic E-state index is 0.186. The third-order valence-corrected chi connectivity index (χ3v) is 5.70. The zero-order valence-corrected chi connectivity index (χ0v) is 15.8. The van der Waals surface area contributed by atoms with Crippen LogP contribution < -0.4 is 5.32 Å². The van der Waals surface area contributed by atoms with Crippen molar-refractivity contribution in [3.63, 3.8) is 0 Å². The summed E-state index contributed by atoms with van der Waals surface area (Å²) in [7, 11) is 1.29. The largest absolute Gasteiger partial charge is 0.465 e.